The minimum Gasteiger partial charge on any atom is -0.488 e. The molecule has 0 saturated carbocycles. The normalized spacial score (nSPS) is 13.2. The lowest BCUT2D eigenvalue weighted by Gasteiger charge is -2.31. The number of hydrogen-bond acceptors (Lipinski definition) is 3. The molecule has 0 radical (unpaired) electrons. The summed E-state index contributed by atoms with van der Waals surface area (Å²) in [4.78, 5) is 0. The SMILES string of the molecule is C=CCOCC(CC(C)(C)Oc1ccccc1)OC(C)C. The zero-order valence-corrected chi connectivity index (χ0v) is 13.7. The van der Waals surface area contributed by atoms with Crippen LogP contribution >= 0.6 is 0 Å². The van der Waals surface area contributed by atoms with E-state index in [1.54, 1.807) is 6.08 Å². The molecule has 0 N–H and O–H groups in total. The van der Waals surface area contributed by atoms with Crippen molar-refractivity contribution in [2.24, 2.45) is 0 Å². The van der Waals surface area contributed by atoms with Crippen LogP contribution in [0.4, 0.5) is 0 Å². The molecule has 1 aromatic carbocycles. The predicted octanol–water partition coefficient (Wildman–Crippen LogP) is 4.23. The highest BCUT2D eigenvalue weighted by atomic mass is 16.5. The van der Waals surface area contributed by atoms with Crippen molar-refractivity contribution in [1.29, 1.82) is 0 Å². The Hall–Kier alpha value is -1.32. The summed E-state index contributed by atoms with van der Waals surface area (Å²) in [7, 11) is 0. The Kier molecular flexibility index (Phi) is 7.48. The summed E-state index contributed by atoms with van der Waals surface area (Å²) in [6, 6.07) is 9.86. The molecule has 0 amide bonds. The first kappa shape index (κ1) is 17.7. The van der Waals surface area contributed by atoms with Gasteiger partial charge in [0, 0.05) is 6.42 Å². The molecule has 118 valence electrons. The maximum Gasteiger partial charge on any atom is 0.120 e. The van der Waals surface area contributed by atoms with Crippen molar-refractivity contribution in [3.8, 4) is 5.75 Å². The van der Waals surface area contributed by atoms with Gasteiger partial charge in [-0.2, -0.15) is 0 Å². The van der Waals surface area contributed by atoms with Crippen LogP contribution in [0.1, 0.15) is 34.1 Å². The average molecular weight is 292 g/mol. The van der Waals surface area contributed by atoms with Crippen LogP contribution in [0, 0.1) is 0 Å². The molecule has 1 unspecified atom stereocenters. The fraction of sp³-hybridized carbons (Fsp3) is 0.556. The lowest BCUT2D eigenvalue weighted by Crippen LogP contribution is -2.37. The molecule has 0 fully saturated rings. The van der Waals surface area contributed by atoms with Crippen LogP contribution in [-0.4, -0.2) is 31.0 Å². The van der Waals surface area contributed by atoms with Gasteiger partial charge in [-0.3, -0.25) is 0 Å². The summed E-state index contributed by atoms with van der Waals surface area (Å²) < 4.78 is 17.5. The van der Waals surface area contributed by atoms with Gasteiger partial charge in [0.1, 0.15) is 11.4 Å². The molecule has 1 atom stereocenters. The van der Waals surface area contributed by atoms with Gasteiger partial charge >= 0.3 is 0 Å². The van der Waals surface area contributed by atoms with Crippen molar-refractivity contribution in [2.75, 3.05) is 13.2 Å². The fourth-order valence-electron chi connectivity index (χ4n) is 2.21. The Morgan fingerprint density at radius 1 is 1.19 bits per heavy atom. The highest BCUT2D eigenvalue weighted by Crippen LogP contribution is 2.23. The van der Waals surface area contributed by atoms with Crippen molar-refractivity contribution >= 4 is 0 Å². The summed E-state index contributed by atoms with van der Waals surface area (Å²) in [6.07, 6.45) is 2.67. The van der Waals surface area contributed by atoms with Crippen LogP contribution in [-0.2, 0) is 9.47 Å². The van der Waals surface area contributed by atoms with Crippen molar-refractivity contribution in [1.82, 2.24) is 0 Å². The molecule has 0 aliphatic heterocycles. The van der Waals surface area contributed by atoms with E-state index in [-0.39, 0.29) is 17.8 Å². The first-order valence-corrected chi connectivity index (χ1v) is 7.51. The first-order chi connectivity index (χ1) is 9.93. The van der Waals surface area contributed by atoms with Crippen molar-refractivity contribution in [2.45, 2.75) is 51.9 Å². The highest BCUT2D eigenvalue weighted by Gasteiger charge is 2.26. The van der Waals surface area contributed by atoms with E-state index in [1.807, 2.05) is 44.2 Å². The van der Waals surface area contributed by atoms with Gasteiger partial charge in [-0.15, -0.1) is 6.58 Å². The van der Waals surface area contributed by atoms with E-state index in [0.29, 0.717) is 13.2 Å². The van der Waals surface area contributed by atoms with E-state index in [4.69, 9.17) is 14.2 Å². The van der Waals surface area contributed by atoms with E-state index in [2.05, 4.69) is 20.4 Å². The summed E-state index contributed by atoms with van der Waals surface area (Å²) in [5.74, 6) is 0.873. The molecule has 0 heterocycles. The monoisotopic (exact) mass is 292 g/mol. The minimum atomic E-state index is -0.321. The predicted molar refractivity (Wildman–Crippen MR) is 86.8 cm³/mol. The molecule has 0 saturated heterocycles. The summed E-state index contributed by atoms with van der Waals surface area (Å²) in [5.41, 5.74) is -0.321. The maximum absolute atomic E-state index is 6.06. The van der Waals surface area contributed by atoms with Gasteiger partial charge in [0.2, 0.25) is 0 Å². The molecule has 21 heavy (non-hydrogen) atoms. The number of hydrogen-bond donors (Lipinski definition) is 0. The number of ether oxygens (including phenoxy) is 3. The Bertz CT molecular complexity index is 398. The minimum absolute atomic E-state index is 0.00339. The van der Waals surface area contributed by atoms with E-state index < -0.39 is 0 Å². The van der Waals surface area contributed by atoms with Crippen LogP contribution in [0.15, 0.2) is 43.0 Å². The molecule has 3 nitrogen and oxygen atoms in total. The van der Waals surface area contributed by atoms with Gasteiger partial charge in [0.05, 0.1) is 25.4 Å². The van der Waals surface area contributed by atoms with Gasteiger partial charge in [-0.05, 0) is 39.8 Å². The summed E-state index contributed by atoms with van der Waals surface area (Å²) in [6.45, 7) is 13.0. The smallest absolute Gasteiger partial charge is 0.120 e. The van der Waals surface area contributed by atoms with Crippen molar-refractivity contribution < 1.29 is 14.2 Å². The Morgan fingerprint density at radius 2 is 1.86 bits per heavy atom. The van der Waals surface area contributed by atoms with E-state index in [0.717, 1.165) is 12.2 Å². The van der Waals surface area contributed by atoms with Crippen LogP contribution < -0.4 is 4.74 Å². The lowest BCUT2D eigenvalue weighted by atomic mass is 10.0. The standard InChI is InChI=1S/C18H28O3/c1-6-12-19-14-17(20-15(2)3)13-18(4,5)21-16-10-8-7-9-11-16/h6-11,15,17H,1,12-14H2,2-5H3. The van der Waals surface area contributed by atoms with Gasteiger partial charge in [0.25, 0.3) is 0 Å². The maximum atomic E-state index is 6.06. The molecule has 0 aliphatic carbocycles. The van der Waals surface area contributed by atoms with E-state index in [9.17, 15) is 0 Å². The molecule has 3 heteroatoms. The summed E-state index contributed by atoms with van der Waals surface area (Å²) in [5, 5.41) is 0. The average Bonchev–Trinajstić information content (AvgIpc) is 2.38. The van der Waals surface area contributed by atoms with Gasteiger partial charge in [-0.25, -0.2) is 0 Å². The third-order valence-corrected chi connectivity index (χ3v) is 2.86. The third kappa shape index (κ3) is 7.88. The second kappa shape index (κ2) is 8.85. The Morgan fingerprint density at radius 3 is 2.43 bits per heavy atom. The molecule has 0 bridgehead atoms. The summed E-state index contributed by atoms with van der Waals surface area (Å²) >= 11 is 0. The zero-order valence-electron chi connectivity index (χ0n) is 13.7. The van der Waals surface area contributed by atoms with E-state index in [1.165, 1.54) is 0 Å². The topological polar surface area (TPSA) is 27.7 Å². The largest absolute Gasteiger partial charge is 0.488 e. The molecule has 0 aliphatic rings. The second-order valence-electron chi connectivity index (χ2n) is 6.01. The molecular formula is C18H28O3. The van der Waals surface area contributed by atoms with Crippen LogP contribution in [0.25, 0.3) is 0 Å². The number of benzene rings is 1. The molecular weight excluding hydrogens is 264 g/mol. The second-order valence-corrected chi connectivity index (χ2v) is 6.01. The Balaban J connectivity index is 2.59. The van der Waals surface area contributed by atoms with Crippen LogP contribution in [0.2, 0.25) is 0 Å². The highest BCUT2D eigenvalue weighted by molar-refractivity contribution is 5.21. The molecule has 0 spiro atoms. The number of para-hydroxylation sites is 1. The molecule has 0 aromatic heterocycles. The lowest BCUT2D eigenvalue weighted by molar-refractivity contribution is -0.0711. The van der Waals surface area contributed by atoms with Gasteiger partial charge in [0.15, 0.2) is 0 Å². The molecule has 1 rings (SSSR count). The fourth-order valence-corrected chi connectivity index (χ4v) is 2.21. The zero-order chi connectivity index (χ0) is 15.7. The van der Waals surface area contributed by atoms with Crippen LogP contribution in [0.5, 0.6) is 5.75 Å². The van der Waals surface area contributed by atoms with Crippen molar-refractivity contribution in [3.63, 3.8) is 0 Å². The first-order valence-electron chi connectivity index (χ1n) is 7.51. The number of rotatable bonds is 10. The van der Waals surface area contributed by atoms with E-state index >= 15 is 0 Å². The van der Waals surface area contributed by atoms with Crippen molar-refractivity contribution in [3.05, 3.63) is 43.0 Å². The quantitative estimate of drug-likeness (QED) is 0.477. The van der Waals surface area contributed by atoms with Gasteiger partial charge < -0.3 is 14.2 Å². The molecule has 1 aromatic rings. The van der Waals surface area contributed by atoms with Gasteiger partial charge in [-0.1, -0.05) is 24.3 Å². The Labute approximate surface area is 128 Å². The third-order valence-electron chi connectivity index (χ3n) is 2.86. The van der Waals surface area contributed by atoms with Crippen LogP contribution in [0.3, 0.4) is 0 Å².